The third-order valence-corrected chi connectivity index (χ3v) is 4.41. The van der Waals surface area contributed by atoms with Gasteiger partial charge in [-0.3, -0.25) is 0 Å². The van der Waals surface area contributed by atoms with E-state index in [0.717, 1.165) is 0 Å². The van der Waals surface area contributed by atoms with Crippen molar-refractivity contribution in [2.45, 2.75) is 37.3 Å². The molecule has 0 aromatic heterocycles. The average molecular weight is 338 g/mol. The molecule has 0 aliphatic heterocycles. The summed E-state index contributed by atoms with van der Waals surface area (Å²) in [7, 11) is 0. The number of rotatable bonds is 1. The number of hydrogen-bond donors (Lipinski definition) is 0. The molecule has 3 heteroatoms. The van der Waals surface area contributed by atoms with Crippen molar-refractivity contribution >= 4 is 43.6 Å². The van der Waals surface area contributed by atoms with Crippen LogP contribution in [0.15, 0.2) is 26.0 Å². The first-order valence-corrected chi connectivity index (χ1v) is 6.84. The van der Waals surface area contributed by atoms with Crippen LogP contribution in [0.2, 0.25) is 0 Å². The van der Waals surface area contributed by atoms with Crippen LogP contribution in [0.3, 0.4) is 0 Å². The monoisotopic (exact) mass is 336 g/mol. The lowest BCUT2D eigenvalue weighted by Gasteiger charge is -2.18. The minimum absolute atomic E-state index is 0.258. The van der Waals surface area contributed by atoms with Gasteiger partial charge < -0.3 is 0 Å². The van der Waals surface area contributed by atoms with Gasteiger partial charge in [-0.2, -0.15) is 0 Å². The van der Waals surface area contributed by atoms with Crippen LogP contribution in [0.1, 0.15) is 26.3 Å². The zero-order chi connectivity index (χ0) is 10.9. The Kier molecular flexibility index (Phi) is 4.12. The van der Waals surface area contributed by atoms with Crippen molar-refractivity contribution in [1.82, 2.24) is 0 Å². The topological polar surface area (TPSA) is 0 Å². The summed E-state index contributed by atoms with van der Waals surface area (Å²) in [6.45, 7) is 8.76. The zero-order valence-electron chi connectivity index (χ0n) is 8.82. The van der Waals surface area contributed by atoms with Crippen LogP contribution in [-0.4, -0.2) is 4.75 Å². The minimum atomic E-state index is 0.258. The maximum Gasteiger partial charge on any atom is 0.0226 e. The number of halogens is 2. The summed E-state index contributed by atoms with van der Waals surface area (Å²) in [5.74, 6) is 0. The molecular formula is C11H14Br2S. The second kappa shape index (κ2) is 4.58. The van der Waals surface area contributed by atoms with Crippen LogP contribution in [0, 0.1) is 6.92 Å². The SMILES string of the molecule is Cc1c(Br)cc(SC(C)(C)C)cc1Br. The van der Waals surface area contributed by atoms with Gasteiger partial charge in [-0.15, -0.1) is 11.8 Å². The summed E-state index contributed by atoms with van der Waals surface area (Å²) in [6.07, 6.45) is 0. The average Bonchev–Trinajstić information content (AvgIpc) is 1.96. The summed E-state index contributed by atoms with van der Waals surface area (Å²) in [4.78, 5) is 1.29. The molecule has 1 rings (SSSR count). The Morgan fingerprint density at radius 1 is 1.07 bits per heavy atom. The molecule has 0 fully saturated rings. The second-order valence-corrected chi connectivity index (χ2v) is 7.84. The Morgan fingerprint density at radius 2 is 1.50 bits per heavy atom. The highest BCUT2D eigenvalue weighted by molar-refractivity contribution is 9.11. The standard InChI is InChI=1S/C11H14Br2S/c1-7-9(12)5-8(6-10(7)13)14-11(2,3)4/h5-6H,1-4H3. The number of benzene rings is 1. The molecule has 0 aliphatic rings. The fraction of sp³-hybridized carbons (Fsp3) is 0.455. The summed E-state index contributed by atoms with van der Waals surface area (Å²) in [5, 5.41) is 0. The Morgan fingerprint density at radius 3 is 1.86 bits per heavy atom. The van der Waals surface area contributed by atoms with E-state index in [4.69, 9.17) is 0 Å². The van der Waals surface area contributed by atoms with Gasteiger partial charge in [-0.1, -0.05) is 52.6 Å². The lowest BCUT2D eigenvalue weighted by Crippen LogP contribution is -2.06. The van der Waals surface area contributed by atoms with Gasteiger partial charge in [0.2, 0.25) is 0 Å². The fourth-order valence-corrected chi connectivity index (χ4v) is 3.58. The van der Waals surface area contributed by atoms with E-state index in [1.165, 1.54) is 19.4 Å². The molecule has 0 nitrogen and oxygen atoms in total. The summed E-state index contributed by atoms with van der Waals surface area (Å²) < 4.78 is 2.59. The first kappa shape index (κ1) is 12.6. The lowest BCUT2D eigenvalue weighted by molar-refractivity contribution is 0.802. The molecule has 14 heavy (non-hydrogen) atoms. The van der Waals surface area contributed by atoms with E-state index in [1.54, 1.807) is 0 Å². The number of thioether (sulfide) groups is 1. The largest absolute Gasteiger partial charge is 0.120 e. The first-order valence-electron chi connectivity index (χ1n) is 4.44. The van der Waals surface area contributed by atoms with Crippen molar-refractivity contribution in [2.75, 3.05) is 0 Å². The summed E-state index contributed by atoms with van der Waals surface area (Å²) >= 11 is 9.00. The summed E-state index contributed by atoms with van der Waals surface area (Å²) in [6, 6.07) is 4.35. The molecule has 0 atom stereocenters. The van der Waals surface area contributed by atoms with Crippen LogP contribution in [-0.2, 0) is 0 Å². The molecule has 0 saturated carbocycles. The van der Waals surface area contributed by atoms with Gasteiger partial charge >= 0.3 is 0 Å². The van der Waals surface area contributed by atoms with Crippen LogP contribution >= 0.6 is 43.6 Å². The van der Waals surface area contributed by atoms with E-state index in [9.17, 15) is 0 Å². The maximum atomic E-state index is 3.56. The van der Waals surface area contributed by atoms with E-state index in [1.807, 2.05) is 11.8 Å². The Hall–Kier alpha value is 0.530. The highest BCUT2D eigenvalue weighted by atomic mass is 79.9. The Balaban J connectivity index is 3.02. The van der Waals surface area contributed by atoms with Crippen LogP contribution in [0.5, 0.6) is 0 Å². The molecule has 1 aromatic rings. The molecule has 0 unspecified atom stereocenters. The molecule has 0 radical (unpaired) electrons. The van der Waals surface area contributed by atoms with Crippen molar-refractivity contribution in [3.05, 3.63) is 26.6 Å². The molecular weight excluding hydrogens is 324 g/mol. The smallest absolute Gasteiger partial charge is 0.0226 e. The molecule has 0 heterocycles. The van der Waals surface area contributed by atoms with Crippen molar-refractivity contribution in [1.29, 1.82) is 0 Å². The third-order valence-electron chi connectivity index (χ3n) is 1.68. The van der Waals surface area contributed by atoms with E-state index in [-0.39, 0.29) is 4.75 Å². The predicted molar refractivity (Wildman–Crippen MR) is 72.2 cm³/mol. The van der Waals surface area contributed by atoms with Gasteiger partial charge in [-0.05, 0) is 24.6 Å². The van der Waals surface area contributed by atoms with Gasteiger partial charge in [-0.25, -0.2) is 0 Å². The van der Waals surface area contributed by atoms with Gasteiger partial charge in [0.15, 0.2) is 0 Å². The van der Waals surface area contributed by atoms with Crippen molar-refractivity contribution < 1.29 is 0 Å². The molecule has 0 bridgehead atoms. The molecule has 0 saturated heterocycles. The molecule has 0 aliphatic carbocycles. The minimum Gasteiger partial charge on any atom is -0.120 e. The van der Waals surface area contributed by atoms with E-state index in [0.29, 0.717) is 0 Å². The number of hydrogen-bond acceptors (Lipinski definition) is 1. The van der Waals surface area contributed by atoms with Crippen LogP contribution in [0.25, 0.3) is 0 Å². The van der Waals surface area contributed by atoms with Gasteiger partial charge in [0, 0.05) is 18.6 Å². The molecule has 1 aromatic carbocycles. The van der Waals surface area contributed by atoms with Gasteiger partial charge in [0.1, 0.15) is 0 Å². The van der Waals surface area contributed by atoms with E-state index >= 15 is 0 Å². The van der Waals surface area contributed by atoms with Crippen molar-refractivity contribution in [2.24, 2.45) is 0 Å². The summed E-state index contributed by atoms with van der Waals surface area (Å²) in [5.41, 5.74) is 1.25. The lowest BCUT2D eigenvalue weighted by atomic mass is 10.2. The third kappa shape index (κ3) is 3.59. The van der Waals surface area contributed by atoms with E-state index in [2.05, 4.69) is 71.7 Å². The second-order valence-electron chi connectivity index (χ2n) is 4.23. The maximum absolute atomic E-state index is 3.56. The van der Waals surface area contributed by atoms with Gasteiger partial charge in [0.25, 0.3) is 0 Å². The predicted octanol–water partition coefficient (Wildman–Crippen LogP) is 5.41. The molecule has 78 valence electrons. The van der Waals surface area contributed by atoms with Crippen LogP contribution < -0.4 is 0 Å². The zero-order valence-corrected chi connectivity index (χ0v) is 12.8. The first-order chi connectivity index (χ1) is 6.29. The normalized spacial score (nSPS) is 11.9. The molecule has 0 amide bonds. The molecule has 0 spiro atoms. The molecule has 0 N–H and O–H groups in total. The van der Waals surface area contributed by atoms with Gasteiger partial charge in [0.05, 0.1) is 0 Å². The van der Waals surface area contributed by atoms with E-state index < -0.39 is 0 Å². The highest BCUT2D eigenvalue weighted by Gasteiger charge is 2.13. The highest BCUT2D eigenvalue weighted by Crippen LogP contribution is 2.36. The van der Waals surface area contributed by atoms with Crippen molar-refractivity contribution in [3.63, 3.8) is 0 Å². The fourth-order valence-electron chi connectivity index (χ4n) is 1.03. The quantitative estimate of drug-likeness (QED) is 0.617. The van der Waals surface area contributed by atoms with Crippen LogP contribution in [0.4, 0.5) is 0 Å². The Bertz CT molecular complexity index is 317. The van der Waals surface area contributed by atoms with Crippen molar-refractivity contribution in [3.8, 4) is 0 Å². The Labute approximate surface area is 107 Å².